The highest BCUT2D eigenvalue weighted by molar-refractivity contribution is 9.10. The van der Waals surface area contributed by atoms with Crippen LogP contribution in [-0.4, -0.2) is 13.3 Å². The van der Waals surface area contributed by atoms with Crippen LogP contribution in [0.5, 0.6) is 0 Å². The van der Waals surface area contributed by atoms with Crippen LogP contribution in [-0.2, 0) is 9.05 Å². The maximum absolute atomic E-state index is 13.2. The van der Waals surface area contributed by atoms with Gasteiger partial charge in [0.25, 0.3) is 14.7 Å². The molecule has 0 amide bonds. The second-order valence-corrected chi connectivity index (χ2v) is 5.85. The highest BCUT2D eigenvalue weighted by Gasteiger charge is 2.29. The number of nitro groups is 1. The van der Waals surface area contributed by atoms with Gasteiger partial charge in [-0.05, 0) is 6.07 Å². The topological polar surface area (TPSA) is 77.3 Å². The minimum atomic E-state index is -4.49. The molecule has 0 N–H and O–H groups in total. The molecule has 15 heavy (non-hydrogen) atoms. The van der Waals surface area contributed by atoms with E-state index >= 15 is 0 Å². The SMILES string of the molecule is O=[N+]([O-])c1cc(Br)cc(F)c1S(=O)(=O)Cl. The van der Waals surface area contributed by atoms with Crippen molar-refractivity contribution in [1.82, 2.24) is 0 Å². The molecular formula is C6H2BrClFNO4S. The molecule has 0 fully saturated rings. The lowest BCUT2D eigenvalue weighted by molar-refractivity contribution is -0.388. The molecule has 1 rings (SSSR count). The first kappa shape index (κ1) is 12.3. The van der Waals surface area contributed by atoms with E-state index in [9.17, 15) is 22.9 Å². The molecule has 82 valence electrons. The third kappa shape index (κ3) is 2.64. The summed E-state index contributed by atoms with van der Waals surface area (Å²) >= 11 is 2.80. The predicted molar refractivity (Wildman–Crippen MR) is 53.8 cm³/mol. The lowest BCUT2D eigenvalue weighted by Crippen LogP contribution is -2.02. The van der Waals surface area contributed by atoms with Gasteiger partial charge in [-0.2, -0.15) is 0 Å². The average Bonchev–Trinajstić information content (AvgIpc) is 1.99. The Labute approximate surface area is 96.5 Å². The van der Waals surface area contributed by atoms with E-state index in [2.05, 4.69) is 15.9 Å². The van der Waals surface area contributed by atoms with Crippen molar-refractivity contribution in [3.63, 3.8) is 0 Å². The summed E-state index contributed by atoms with van der Waals surface area (Å²) in [6.45, 7) is 0. The zero-order valence-corrected chi connectivity index (χ0v) is 9.94. The Balaban J connectivity index is 3.70. The smallest absolute Gasteiger partial charge is 0.258 e. The number of halogens is 3. The van der Waals surface area contributed by atoms with E-state index in [-0.39, 0.29) is 4.47 Å². The van der Waals surface area contributed by atoms with Crippen LogP contribution in [0.1, 0.15) is 0 Å². The standard InChI is InChI=1S/C6H2BrClFNO4S/c7-3-1-4(9)6(15(8,13)14)5(2-3)10(11)12/h1-2H. The van der Waals surface area contributed by atoms with Gasteiger partial charge in [-0.25, -0.2) is 12.8 Å². The van der Waals surface area contributed by atoms with Crippen LogP contribution in [0.15, 0.2) is 21.5 Å². The first-order chi connectivity index (χ1) is 6.73. The first-order valence-corrected chi connectivity index (χ1v) is 6.42. The predicted octanol–water partition coefficient (Wildman–Crippen LogP) is 2.42. The van der Waals surface area contributed by atoms with Gasteiger partial charge in [0.15, 0.2) is 10.7 Å². The molecule has 0 aromatic heterocycles. The molecule has 0 bridgehead atoms. The molecule has 0 aliphatic rings. The third-order valence-electron chi connectivity index (χ3n) is 1.43. The maximum atomic E-state index is 13.2. The lowest BCUT2D eigenvalue weighted by Gasteiger charge is -2.01. The van der Waals surface area contributed by atoms with E-state index < -0.39 is 30.4 Å². The van der Waals surface area contributed by atoms with E-state index in [1.54, 1.807) is 0 Å². The van der Waals surface area contributed by atoms with Crippen LogP contribution in [0.2, 0.25) is 0 Å². The Bertz CT molecular complexity index is 532. The molecular weight excluding hydrogens is 316 g/mol. The molecule has 0 atom stereocenters. The van der Waals surface area contributed by atoms with Crippen LogP contribution >= 0.6 is 26.6 Å². The normalized spacial score (nSPS) is 11.4. The molecule has 0 spiro atoms. The van der Waals surface area contributed by atoms with Crippen molar-refractivity contribution in [2.45, 2.75) is 4.90 Å². The minimum Gasteiger partial charge on any atom is -0.258 e. The molecule has 0 radical (unpaired) electrons. The van der Waals surface area contributed by atoms with E-state index in [1.165, 1.54) is 0 Å². The molecule has 0 aliphatic heterocycles. The van der Waals surface area contributed by atoms with Gasteiger partial charge in [-0.15, -0.1) is 0 Å². The molecule has 9 heteroatoms. The number of nitrogens with zero attached hydrogens (tertiary/aromatic N) is 1. The molecule has 1 aromatic rings. The number of rotatable bonds is 2. The number of hydrogen-bond acceptors (Lipinski definition) is 4. The van der Waals surface area contributed by atoms with Crippen LogP contribution < -0.4 is 0 Å². The monoisotopic (exact) mass is 317 g/mol. The van der Waals surface area contributed by atoms with Crippen molar-refractivity contribution >= 4 is 41.4 Å². The highest BCUT2D eigenvalue weighted by Crippen LogP contribution is 2.32. The van der Waals surface area contributed by atoms with E-state index in [4.69, 9.17) is 10.7 Å². The van der Waals surface area contributed by atoms with Crippen LogP contribution in [0.4, 0.5) is 10.1 Å². The van der Waals surface area contributed by atoms with Crippen molar-refractivity contribution in [3.8, 4) is 0 Å². The lowest BCUT2D eigenvalue weighted by atomic mass is 10.3. The van der Waals surface area contributed by atoms with Crippen LogP contribution in [0.25, 0.3) is 0 Å². The number of nitro benzene ring substituents is 1. The molecule has 5 nitrogen and oxygen atoms in total. The minimum absolute atomic E-state index is 0.0516. The van der Waals surface area contributed by atoms with E-state index in [1.807, 2.05) is 0 Å². The van der Waals surface area contributed by atoms with Crippen molar-refractivity contribution in [1.29, 1.82) is 0 Å². The van der Waals surface area contributed by atoms with Crippen molar-refractivity contribution in [2.75, 3.05) is 0 Å². The Morgan fingerprint density at radius 2 is 2.00 bits per heavy atom. The molecule has 0 saturated carbocycles. The van der Waals surface area contributed by atoms with Gasteiger partial charge >= 0.3 is 0 Å². The summed E-state index contributed by atoms with van der Waals surface area (Å²) in [5.41, 5.74) is -0.906. The Morgan fingerprint density at radius 3 is 2.40 bits per heavy atom. The summed E-state index contributed by atoms with van der Waals surface area (Å²) in [4.78, 5) is 8.32. The summed E-state index contributed by atoms with van der Waals surface area (Å²) in [5, 5.41) is 10.5. The average molecular weight is 319 g/mol. The Hall–Kier alpha value is -0.730. The first-order valence-electron chi connectivity index (χ1n) is 3.31. The van der Waals surface area contributed by atoms with E-state index in [0.717, 1.165) is 12.1 Å². The summed E-state index contributed by atoms with van der Waals surface area (Å²) in [6.07, 6.45) is 0. The number of hydrogen-bond donors (Lipinski definition) is 0. The zero-order chi connectivity index (χ0) is 11.8. The molecule has 0 saturated heterocycles. The van der Waals surface area contributed by atoms with Gasteiger partial charge in [0.2, 0.25) is 0 Å². The third-order valence-corrected chi connectivity index (χ3v) is 3.24. The summed E-state index contributed by atoms with van der Waals surface area (Å²) < 4.78 is 35.0. The zero-order valence-electron chi connectivity index (χ0n) is 6.78. The second-order valence-electron chi connectivity index (χ2n) is 2.43. The summed E-state index contributed by atoms with van der Waals surface area (Å²) in [5.74, 6) is -1.27. The molecule has 0 heterocycles. The van der Waals surface area contributed by atoms with Gasteiger partial charge in [0.1, 0.15) is 0 Å². The van der Waals surface area contributed by atoms with Crippen LogP contribution in [0, 0.1) is 15.9 Å². The Morgan fingerprint density at radius 1 is 1.47 bits per heavy atom. The van der Waals surface area contributed by atoms with Crippen molar-refractivity contribution < 1.29 is 17.7 Å². The van der Waals surface area contributed by atoms with Crippen molar-refractivity contribution in [3.05, 3.63) is 32.5 Å². The quantitative estimate of drug-likeness (QED) is 0.476. The molecule has 0 unspecified atom stereocenters. The van der Waals surface area contributed by atoms with Gasteiger partial charge in [0, 0.05) is 21.2 Å². The van der Waals surface area contributed by atoms with Gasteiger partial charge in [-0.1, -0.05) is 15.9 Å². The summed E-state index contributed by atoms with van der Waals surface area (Å²) in [6, 6.07) is 1.64. The van der Waals surface area contributed by atoms with E-state index in [0.29, 0.717) is 0 Å². The fourth-order valence-corrected chi connectivity index (χ4v) is 2.47. The van der Waals surface area contributed by atoms with Gasteiger partial charge in [-0.3, -0.25) is 10.1 Å². The van der Waals surface area contributed by atoms with Gasteiger partial charge in [0.05, 0.1) is 4.92 Å². The Kier molecular flexibility index (Phi) is 3.31. The number of benzene rings is 1. The second kappa shape index (κ2) is 4.03. The van der Waals surface area contributed by atoms with Crippen LogP contribution in [0.3, 0.4) is 0 Å². The fourth-order valence-electron chi connectivity index (χ4n) is 0.924. The molecule has 0 aliphatic carbocycles. The van der Waals surface area contributed by atoms with Crippen molar-refractivity contribution in [2.24, 2.45) is 0 Å². The highest BCUT2D eigenvalue weighted by atomic mass is 79.9. The molecule has 1 aromatic carbocycles. The summed E-state index contributed by atoms with van der Waals surface area (Å²) in [7, 11) is 0.387. The largest absolute Gasteiger partial charge is 0.293 e. The fraction of sp³-hybridized carbons (Fsp3) is 0. The maximum Gasteiger partial charge on any atom is 0.293 e. The van der Waals surface area contributed by atoms with Gasteiger partial charge < -0.3 is 0 Å².